The summed E-state index contributed by atoms with van der Waals surface area (Å²) in [5, 5.41) is 0. The van der Waals surface area contributed by atoms with Crippen molar-refractivity contribution in [3.63, 3.8) is 0 Å². The number of hydrogen-bond donors (Lipinski definition) is 0. The second kappa shape index (κ2) is 3.24. The molecule has 0 radical (unpaired) electrons. The van der Waals surface area contributed by atoms with Crippen LogP contribution in [0.15, 0.2) is 28.7 Å². The van der Waals surface area contributed by atoms with Crippen molar-refractivity contribution in [1.82, 2.24) is 0 Å². The van der Waals surface area contributed by atoms with Gasteiger partial charge in [-0.3, -0.25) is 0 Å². The molecule has 2 aliphatic rings. The lowest BCUT2D eigenvalue weighted by atomic mass is 10.2. The number of fused-ring (bicyclic) bond motifs is 2. The van der Waals surface area contributed by atoms with Crippen LogP contribution in [0.5, 0.6) is 0 Å². The van der Waals surface area contributed by atoms with Crippen molar-refractivity contribution in [2.24, 2.45) is 0 Å². The van der Waals surface area contributed by atoms with Crippen LogP contribution in [-0.4, -0.2) is 25.3 Å². The van der Waals surface area contributed by atoms with Gasteiger partial charge in [0.15, 0.2) is 0 Å². The number of ether oxygens (including phenoxy) is 1. The van der Waals surface area contributed by atoms with E-state index < -0.39 is 0 Å². The Kier molecular flexibility index (Phi) is 2.03. The minimum atomic E-state index is 0.471. The Morgan fingerprint density at radius 1 is 1.43 bits per heavy atom. The molecule has 2 nitrogen and oxygen atoms in total. The minimum Gasteiger partial charge on any atom is -0.374 e. The molecule has 0 aliphatic carbocycles. The summed E-state index contributed by atoms with van der Waals surface area (Å²) < 4.78 is 6.73. The zero-order valence-electron chi connectivity index (χ0n) is 7.82. The van der Waals surface area contributed by atoms with E-state index in [4.69, 9.17) is 4.74 Å². The Morgan fingerprint density at radius 2 is 2.36 bits per heavy atom. The van der Waals surface area contributed by atoms with Crippen LogP contribution in [0.2, 0.25) is 0 Å². The number of hydrogen-bond acceptors (Lipinski definition) is 2. The highest BCUT2D eigenvalue weighted by Gasteiger charge is 2.38. The van der Waals surface area contributed by atoms with Crippen molar-refractivity contribution in [2.45, 2.75) is 18.6 Å². The molecule has 1 aromatic carbocycles. The van der Waals surface area contributed by atoms with Crippen LogP contribution in [0, 0.1) is 0 Å². The maximum Gasteiger partial charge on any atom is 0.0771 e. The van der Waals surface area contributed by atoms with E-state index in [-0.39, 0.29) is 0 Å². The SMILES string of the molecule is Brc1cccc(N2CC3CC2CO3)c1. The number of nitrogens with zero attached hydrogens (tertiary/aromatic N) is 1. The van der Waals surface area contributed by atoms with Gasteiger partial charge < -0.3 is 9.64 Å². The molecule has 0 amide bonds. The summed E-state index contributed by atoms with van der Waals surface area (Å²) in [6.45, 7) is 1.96. The number of rotatable bonds is 1. The molecule has 2 atom stereocenters. The monoisotopic (exact) mass is 253 g/mol. The molecule has 3 rings (SSSR count). The van der Waals surface area contributed by atoms with Crippen LogP contribution >= 0.6 is 15.9 Å². The molecule has 0 saturated carbocycles. The lowest BCUT2D eigenvalue weighted by molar-refractivity contribution is 0.0991. The fourth-order valence-corrected chi connectivity index (χ4v) is 2.76. The van der Waals surface area contributed by atoms with Gasteiger partial charge in [-0.05, 0) is 24.6 Å². The van der Waals surface area contributed by atoms with Gasteiger partial charge in [-0.1, -0.05) is 22.0 Å². The fraction of sp³-hybridized carbons (Fsp3) is 0.455. The highest BCUT2D eigenvalue weighted by atomic mass is 79.9. The topological polar surface area (TPSA) is 12.5 Å². The molecule has 2 heterocycles. The lowest BCUT2D eigenvalue weighted by Gasteiger charge is -2.29. The van der Waals surface area contributed by atoms with Gasteiger partial charge in [-0.15, -0.1) is 0 Å². The Labute approximate surface area is 92.0 Å². The molecule has 2 aliphatic heterocycles. The first-order valence-corrected chi connectivity index (χ1v) is 5.76. The largest absolute Gasteiger partial charge is 0.374 e. The van der Waals surface area contributed by atoms with E-state index in [1.165, 1.54) is 12.1 Å². The summed E-state index contributed by atoms with van der Waals surface area (Å²) in [6.07, 6.45) is 1.67. The van der Waals surface area contributed by atoms with Crippen LogP contribution in [0.25, 0.3) is 0 Å². The first kappa shape index (κ1) is 8.74. The molecule has 0 aromatic heterocycles. The summed E-state index contributed by atoms with van der Waals surface area (Å²) in [4.78, 5) is 2.46. The lowest BCUT2D eigenvalue weighted by Crippen LogP contribution is -2.36. The molecular formula is C11H12BrNO. The summed E-state index contributed by atoms with van der Waals surface area (Å²) in [5.41, 5.74) is 1.31. The predicted octanol–water partition coefficient (Wildman–Crippen LogP) is 2.43. The number of benzene rings is 1. The number of morpholine rings is 1. The average Bonchev–Trinajstić information content (AvgIpc) is 2.78. The van der Waals surface area contributed by atoms with E-state index >= 15 is 0 Å². The van der Waals surface area contributed by atoms with E-state index in [1.54, 1.807) is 0 Å². The second-order valence-corrected chi connectivity index (χ2v) is 4.89. The summed E-state index contributed by atoms with van der Waals surface area (Å²) in [6, 6.07) is 9.11. The van der Waals surface area contributed by atoms with Crippen LogP contribution in [-0.2, 0) is 4.74 Å². The Bertz CT molecular complexity index is 355. The molecule has 2 unspecified atom stereocenters. The molecule has 3 heteroatoms. The molecule has 1 aromatic rings. The van der Waals surface area contributed by atoms with Gasteiger partial charge >= 0.3 is 0 Å². The van der Waals surface area contributed by atoms with E-state index in [0.29, 0.717) is 12.1 Å². The average molecular weight is 254 g/mol. The molecule has 0 spiro atoms. The van der Waals surface area contributed by atoms with Gasteiger partial charge in [0.05, 0.1) is 18.8 Å². The Morgan fingerprint density at radius 3 is 3.00 bits per heavy atom. The van der Waals surface area contributed by atoms with Crippen molar-refractivity contribution in [3.8, 4) is 0 Å². The molecule has 2 bridgehead atoms. The van der Waals surface area contributed by atoms with E-state index in [9.17, 15) is 0 Å². The highest BCUT2D eigenvalue weighted by molar-refractivity contribution is 9.10. The van der Waals surface area contributed by atoms with Gasteiger partial charge in [-0.2, -0.15) is 0 Å². The van der Waals surface area contributed by atoms with Crippen LogP contribution in [0.3, 0.4) is 0 Å². The standard InChI is InChI=1S/C11H12BrNO/c12-8-2-1-3-9(4-8)13-6-11-5-10(13)7-14-11/h1-4,10-11H,5-7H2. The normalized spacial score (nSPS) is 29.9. The van der Waals surface area contributed by atoms with Crippen LogP contribution < -0.4 is 4.90 Å². The molecule has 0 N–H and O–H groups in total. The first-order valence-electron chi connectivity index (χ1n) is 4.97. The van der Waals surface area contributed by atoms with E-state index in [1.807, 2.05) is 0 Å². The zero-order chi connectivity index (χ0) is 9.54. The minimum absolute atomic E-state index is 0.471. The van der Waals surface area contributed by atoms with Crippen molar-refractivity contribution >= 4 is 21.6 Å². The van der Waals surface area contributed by atoms with Gasteiger partial charge in [0, 0.05) is 16.7 Å². The number of anilines is 1. The second-order valence-electron chi connectivity index (χ2n) is 3.98. The van der Waals surface area contributed by atoms with Gasteiger partial charge in [0.25, 0.3) is 0 Å². The number of halogens is 1. The molecule has 2 saturated heterocycles. The smallest absolute Gasteiger partial charge is 0.0771 e. The van der Waals surface area contributed by atoms with Gasteiger partial charge in [-0.25, -0.2) is 0 Å². The van der Waals surface area contributed by atoms with Crippen molar-refractivity contribution < 1.29 is 4.74 Å². The van der Waals surface area contributed by atoms with E-state index in [2.05, 4.69) is 45.1 Å². The van der Waals surface area contributed by atoms with Gasteiger partial charge in [0.1, 0.15) is 0 Å². The summed E-state index contributed by atoms with van der Waals surface area (Å²) in [7, 11) is 0. The third-order valence-corrected chi connectivity index (χ3v) is 3.53. The van der Waals surface area contributed by atoms with Crippen molar-refractivity contribution in [3.05, 3.63) is 28.7 Å². The summed E-state index contributed by atoms with van der Waals surface area (Å²) >= 11 is 3.50. The third-order valence-electron chi connectivity index (χ3n) is 3.04. The predicted molar refractivity (Wildman–Crippen MR) is 59.6 cm³/mol. The maximum atomic E-state index is 5.58. The molecule has 2 fully saturated rings. The summed E-state index contributed by atoms with van der Waals surface area (Å²) in [5.74, 6) is 0. The molecular weight excluding hydrogens is 242 g/mol. The van der Waals surface area contributed by atoms with Crippen molar-refractivity contribution in [1.29, 1.82) is 0 Å². The third kappa shape index (κ3) is 1.35. The maximum absolute atomic E-state index is 5.58. The zero-order valence-corrected chi connectivity index (χ0v) is 9.40. The van der Waals surface area contributed by atoms with Gasteiger partial charge in [0.2, 0.25) is 0 Å². The highest BCUT2D eigenvalue weighted by Crippen LogP contribution is 2.33. The molecule has 74 valence electrons. The Balaban J connectivity index is 1.89. The van der Waals surface area contributed by atoms with Crippen LogP contribution in [0.1, 0.15) is 6.42 Å². The quantitative estimate of drug-likeness (QED) is 0.763. The van der Waals surface area contributed by atoms with Crippen LogP contribution in [0.4, 0.5) is 5.69 Å². The first-order chi connectivity index (χ1) is 6.83. The fourth-order valence-electron chi connectivity index (χ4n) is 2.37. The molecule has 14 heavy (non-hydrogen) atoms. The van der Waals surface area contributed by atoms with E-state index in [0.717, 1.165) is 17.6 Å². The Hall–Kier alpha value is -0.540. The van der Waals surface area contributed by atoms with Crippen molar-refractivity contribution in [2.75, 3.05) is 18.1 Å².